The zero-order valence-electron chi connectivity index (χ0n) is 20.9. The molecule has 1 N–H and O–H groups in total. The van der Waals surface area contributed by atoms with Crippen molar-refractivity contribution < 1.29 is 23.9 Å². The molecular weight excluding hydrogens is 472 g/mol. The van der Waals surface area contributed by atoms with Crippen LogP contribution in [0.1, 0.15) is 33.3 Å². The second-order valence-electron chi connectivity index (χ2n) is 8.57. The second-order valence-corrected chi connectivity index (χ2v) is 8.57. The van der Waals surface area contributed by atoms with Crippen LogP contribution in [0.4, 0.5) is 5.69 Å². The molecule has 0 radical (unpaired) electrons. The molecule has 0 fully saturated rings. The summed E-state index contributed by atoms with van der Waals surface area (Å²) < 4.78 is 11.5. The van der Waals surface area contributed by atoms with E-state index in [1.165, 1.54) is 31.7 Å². The Morgan fingerprint density at radius 3 is 2.16 bits per heavy atom. The van der Waals surface area contributed by atoms with Crippen LogP contribution >= 0.6 is 0 Å². The summed E-state index contributed by atoms with van der Waals surface area (Å²) in [4.78, 5) is 51.5. The molecule has 8 heteroatoms. The summed E-state index contributed by atoms with van der Waals surface area (Å²) in [6.07, 6.45) is -1.23. The summed E-state index contributed by atoms with van der Waals surface area (Å²) in [5, 5.41) is 3.67. The Kier molecular flexibility index (Phi) is 7.20. The first-order chi connectivity index (χ1) is 17.7. The number of hydrogen-bond donors (Lipinski definition) is 1. The van der Waals surface area contributed by atoms with Gasteiger partial charge in [0.1, 0.15) is 5.69 Å². The molecule has 1 unspecified atom stereocenters. The van der Waals surface area contributed by atoms with Gasteiger partial charge in [-0.05, 0) is 43.0 Å². The third-order valence-electron chi connectivity index (χ3n) is 6.08. The largest absolute Gasteiger partial charge is 0.465 e. The Balaban J connectivity index is 1.71. The number of aromatic nitrogens is 1. The van der Waals surface area contributed by atoms with E-state index < -0.39 is 23.9 Å². The molecule has 3 aromatic carbocycles. The summed E-state index contributed by atoms with van der Waals surface area (Å²) in [5.74, 6) is -2.09. The van der Waals surface area contributed by atoms with Crippen LogP contribution in [0, 0.1) is 6.92 Å². The maximum atomic E-state index is 13.5. The van der Waals surface area contributed by atoms with Gasteiger partial charge in [0.15, 0.2) is 6.10 Å². The number of aryl methyl sites for hydroxylation is 1. The molecule has 1 amide bonds. The number of ether oxygens (including phenoxy) is 2. The van der Waals surface area contributed by atoms with Crippen LogP contribution in [0.15, 0.2) is 77.6 Å². The predicted molar refractivity (Wildman–Crippen MR) is 141 cm³/mol. The van der Waals surface area contributed by atoms with Crippen LogP contribution in [0.25, 0.3) is 21.9 Å². The minimum atomic E-state index is -1.23. The molecule has 1 heterocycles. The fraction of sp³-hybridized carbons (Fsp3) is 0.172. The Hall–Kier alpha value is -4.72. The molecule has 188 valence electrons. The van der Waals surface area contributed by atoms with Crippen molar-refractivity contribution in [2.75, 3.05) is 12.4 Å². The standard InChI is InChI=1S/C29H26N2O6/c1-17-13-15-19(16-14-17)24-20-9-5-6-10-21(20)27(33)31(3)25(24)29(35)37-18(2)26(32)30-23-12-8-7-11-22(23)28(34)36-4/h5-16,18H,1-4H3,(H,30,32). The van der Waals surface area contributed by atoms with Gasteiger partial charge in [-0.3, -0.25) is 9.59 Å². The molecule has 4 aromatic rings. The van der Waals surface area contributed by atoms with Crippen molar-refractivity contribution in [1.29, 1.82) is 0 Å². The molecule has 1 aromatic heterocycles. The van der Waals surface area contributed by atoms with Gasteiger partial charge < -0.3 is 19.4 Å². The Bertz CT molecular complexity index is 1570. The van der Waals surface area contributed by atoms with E-state index in [-0.39, 0.29) is 22.5 Å². The van der Waals surface area contributed by atoms with Gasteiger partial charge in [0.05, 0.1) is 18.4 Å². The van der Waals surface area contributed by atoms with Crippen molar-refractivity contribution >= 4 is 34.3 Å². The lowest BCUT2D eigenvalue weighted by molar-refractivity contribution is -0.123. The van der Waals surface area contributed by atoms with Gasteiger partial charge in [-0.15, -0.1) is 0 Å². The summed E-state index contributed by atoms with van der Waals surface area (Å²) in [6.45, 7) is 3.37. The molecule has 8 nitrogen and oxygen atoms in total. The van der Waals surface area contributed by atoms with Gasteiger partial charge in [0, 0.05) is 18.0 Å². The van der Waals surface area contributed by atoms with Gasteiger partial charge in [-0.2, -0.15) is 0 Å². The number of anilines is 1. The highest BCUT2D eigenvalue weighted by Gasteiger charge is 2.27. The topological polar surface area (TPSA) is 104 Å². The average Bonchev–Trinajstić information content (AvgIpc) is 2.90. The highest BCUT2D eigenvalue weighted by atomic mass is 16.5. The van der Waals surface area contributed by atoms with Gasteiger partial charge in [0.25, 0.3) is 11.5 Å². The molecule has 37 heavy (non-hydrogen) atoms. The maximum absolute atomic E-state index is 13.5. The van der Waals surface area contributed by atoms with E-state index in [2.05, 4.69) is 5.32 Å². The van der Waals surface area contributed by atoms with Crippen molar-refractivity contribution in [2.45, 2.75) is 20.0 Å². The number of para-hydroxylation sites is 1. The van der Waals surface area contributed by atoms with Crippen LogP contribution in [-0.4, -0.2) is 35.6 Å². The molecule has 0 aliphatic heterocycles. The highest BCUT2D eigenvalue weighted by Crippen LogP contribution is 2.31. The van der Waals surface area contributed by atoms with Crippen molar-refractivity contribution in [1.82, 2.24) is 4.57 Å². The number of hydrogen-bond acceptors (Lipinski definition) is 6. The lowest BCUT2D eigenvalue weighted by Gasteiger charge is -2.19. The number of fused-ring (bicyclic) bond motifs is 1. The number of rotatable bonds is 6. The van der Waals surface area contributed by atoms with E-state index in [0.29, 0.717) is 16.3 Å². The molecule has 0 spiro atoms. The fourth-order valence-electron chi connectivity index (χ4n) is 4.10. The zero-order chi connectivity index (χ0) is 26.7. The SMILES string of the molecule is COC(=O)c1ccccc1NC(=O)C(C)OC(=O)c1c(-c2ccc(C)cc2)c2ccccc2c(=O)n1C. The average molecular weight is 499 g/mol. The van der Waals surface area contributed by atoms with Crippen LogP contribution in [0.3, 0.4) is 0 Å². The van der Waals surface area contributed by atoms with E-state index >= 15 is 0 Å². The number of methoxy groups -OCH3 is 1. The number of benzene rings is 3. The third kappa shape index (κ3) is 4.99. The Morgan fingerprint density at radius 1 is 0.865 bits per heavy atom. The molecule has 0 aliphatic carbocycles. The third-order valence-corrected chi connectivity index (χ3v) is 6.08. The highest BCUT2D eigenvalue weighted by molar-refractivity contribution is 6.08. The van der Waals surface area contributed by atoms with Gasteiger partial charge in [-0.25, -0.2) is 9.59 Å². The normalized spacial score (nSPS) is 11.6. The molecule has 0 saturated carbocycles. The monoisotopic (exact) mass is 498 g/mol. The number of esters is 2. The Labute approximate surface area is 213 Å². The first-order valence-electron chi connectivity index (χ1n) is 11.6. The van der Waals surface area contributed by atoms with E-state index in [1.54, 1.807) is 42.5 Å². The molecule has 4 rings (SSSR count). The van der Waals surface area contributed by atoms with Crippen LogP contribution < -0.4 is 10.9 Å². The molecule has 0 bridgehead atoms. The summed E-state index contributed by atoms with van der Waals surface area (Å²) in [7, 11) is 2.74. The van der Waals surface area contributed by atoms with Crippen LogP contribution in [-0.2, 0) is 21.3 Å². The quantitative estimate of drug-likeness (QED) is 0.393. The molecular formula is C29H26N2O6. The van der Waals surface area contributed by atoms with E-state index in [1.807, 2.05) is 31.2 Å². The van der Waals surface area contributed by atoms with E-state index in [0.717, 1.165) is 11.1 Å². The predicted octanol–water partition coefficient (Wildman–Crippen LogP) is 4.48. The molecule has 0 aliphatic rings. The summed E-state index contributed by atoms with van der Waals surface area (Å²) in [5.41, 5.74) is 2.36. The molecule has 1 atom stereocenters. The summed E-state index contributed by atoms with van der Waals surface area (Å²) >= 11 is 0. The number of pyridine rings is 1. The lowest BCUT2D eigenvalue weighted by atomic mass is 9.96. The summed E-state index contributed by atoms with van der Waals surface area (Å²) in [6, 6.07) is 21.0. The number of carbonyl (C=O) groups is 3. The number of nitrogens with zero attached hydrogens (tertiary/aromatic N) is 1. The smallest absolute Gasteiger partial charge is 0.356 e. The molecule has 0 saturated heterocycles. The van der Waals surface area contributed by atoms with Crippen molar-refractivity contribution in [3.05, 3.63) is 100.0 Å². The van der Waals surface area contributed by atoms with Gasteiger partial charge in [0.2, 0.25) is 0 Å². The van der Waals surface area contributed by atoms with Crippen LogP contribution in [0.2, 0.25) is 0 Å². The maximum Gasteiger partial charge on any atom is 0.356 e. The van der Waals surface area contributed by atoms with Crippen molar-refractivity contribution in [3.8, 4) is 11.1 Å². The van der Waals surface area contributed by atoms with Gasteiger partial charge in [-0.1, -0.05) is 60.2 Å². The number of carbonyl (C=O) groups excluding carboxylic acids is 3. The van der Waals surface area contributed by atoms with Crippen LogP contribution in [0.5, 0.6) is 0 Å². The number of nitrogens with one attached hydrogen (secondary N) is 1. The zero-order valence-corrected chi connectivity index (χ0v) is 20.9. The van der Waals surface area contributed by atoms with E-state index in [4.69, 9.17) is 9.47 Å². The first kappa shape index (κ1) is 25.4. The van der Waals surface area contributed by atoms with Crippen molar-refractivity contribution in [3.63, 3.8) is 0 Å². The fourth-order valence-corrected chi connectivity index (χ4v) is 4.10. The minimum Gasteiger partial charge on any atom is -0.465 e. The van der Waals surface area contributed by atoms with E-state index in [9.17, 15) is 19.2 Å². The van der Waals surface area contributed by atoms with Gasteiger partial charge >= 0.3 is 11.9 Å². The van der Waals surface area contributed by atoms with Crippen molar-refractivity contribution in [2.24, 2.45) is 7.05 Å². The lowest BCUT2D eigenvalue weighted by Crippen LogP contribution is -2.33. The number of amides is 1. The second kappa shape index (κ2) is 10.5. The minimum absolute atomic E-state index is 0.0298. The Morgan fingerprint density at radius 2 is 1.49 bits per heavy atom. The first-order valence-corrected chi connectivity index (χ1v) is 11.6.